The molecule has 0 aliphatic rings. The first-order valence-corrected chi connectivity index (χ1v) is 6.40. The minimum atomic E-state index is -2.17. The van der Waals surface area contributed by atoms with Crippen molar-refractivity contribution < 1.29 is 13.5 Å². The summed E-state index contributed by atoms with van der Waals surface area (Å²) in [6, 6.07) is 9.64. The molecule has 1 aromatic heterocycles. The van der Waals surface area contributed by atoms with E-state index in [0.29, 0.717) is 0 Å². The van der Waals surface area contributed by atoms with Gasteiger partial charge in [-0.25, -0.2) is 0 Å². The third-order valence-corrected chi connectivity index (χ3v) is 2.73. The van der Waals surface area contributed by atoms with E-state index in [0.717, 1.165) is 22.2 Å². The van der Waals surface area contributed by atoms with E-state index in [2.05, 4.69) is 4.98 Å². The molecule has 0 radical (unpaired) electrons. The highest BCUT2D eigenvalue weighted by atomic mass is 32.2. The van der Waals surface area contributed by atoms with E-state index in [9.17, 15) is 8.76 Å². The SMILES string of the molecule is Cc1cc(COCS(=O)[O-])c2ccccc2n1. The van der Waals surface area contributed by atoms with Gasteiger partial charge in [0.15, 0.2) is 0 Å². The summed E-state index contributed by atoms with van der Waals surface area (Å²) < 4.78 is 25.9. The molecule has 1 atom stereocenters. The first-order chi connectivity index (χ1) is 8.16. The Morgan fingerprint density at radius 2 is 2.18 bits per heavy atom. The van der Waals surface area contributed by atoms with E-state index in [1.807, 2.05) is 37.3 Å². The standard InChI is InChI=1S/C12H13NO3S/c1-9-6-10(7-16-8-17(14)15)11-4-2-3-5-12(11)13-9/h2-6H,7-8H2,1H3,(H,14,15)/p-1. The summed E-state index contributed by atoms with van der Waals surface area (Å²) in [5.74, 6) is -0.282. The summed E-state index contributed by atoms with van der Waals surface area (Å²) in [5.41, 5.74) is 2.75. The predicted octanol–water partition coefficient (Wildman–Crippen LogP) is 1.90. The lowest BCUT2D eigenvalue weighted by Crippen LogP contribution is -2.02. The molecule has 0 spiro atoms. The molecule has 2 rings (SSSR count). The molecule has 0 aliphatic carbocycles. The normalized spacial score (nSPS) is 12.8. The van der Waals surface area contributed by atoms with Gasteiger partial charge in [-0.05, 0) is 35.7 Å². The highest BCUT2D eigenvalue weighted by molar-refractivity contribution is 7.78. The Labute approximate surface area is 102 Å². The summed E-state index contributed by atoms with van der Waals surface area (Å²) in [6.07, 6.45) is 0. The van der Waals surface area contributed by atoms with E-state index in [-0.39, 0.29) is 12.5 Å². The molecule has 0 saturated carbocycles. The molecule has 0 amide bonds. The van der Waals surface area contributed by atoms with Gasteiger partial charge in [0.25, 0.3) is 0 Å². The quantitative estimate of drug-likeness (QED) is 0.777. The van der Waals surface area contributed by atoms with Crippen LogP contribution >= 0.6 is 0 Å². The maximum Gasteiger partial charge on any atom is 0.109 e. The molecule has 0 saturated heterocycles. The van der Waals surface area contributed by atoms with E-state index in [4.69, 9.17) is 4.74 Å². The number of aryl methyl sites for hydroxylation is 1. The molecule has 0 fully saturated rings. The lowest BCUT2D eigenvalue weighted by atomic mass is 10.1. The van der Waals surface area contributed by atoms with E-state index in [1.165, 1.54) is 0 Å². The highest BCUT2D eigenvalue weighted by Gasteiger charge is 2.03. The van der Waals surface area contributed by atoms with Crippen molar-refractivity contribution in [2.45, 2.75) is 13.5 Å². The molecule has 1 aromatic carbocycles. The Hall–Kier alpha value is -1.30. The topological polar surface area (TPSA) is 62.2 Å². The number of rotatable bonds is 4. The van der Waals surface area contributed by atoms with Gasteiger partial charge in [0, 0.05) is 11.1 Å². The summed E-state index contributed by atoms with van der Waals surface area (Å²) >= 11 is -2.17. The first-order valence-electron chi connectivity index (χ1n) is 5.15. The lowest BCUT2D eigenvalue weighted by molar-refractivity contribution is 0.162. The van der Waals surface area contributed by atoms with Crippen LogP contribution in [0.25, 0.3) is 10.9 Å². The maximum absolute atomic E-state index is 10.4. The molecule has 2 aromatic rings. The molecular formula is C12H12NO3S-. The van der Waals surface area contributed by atoms with Crippen molar-refractivity contribution >= 4 is 22.0 Å². The Morgan fingerprint density at radius 3 is 2.94 bits per heavy atom. The van der Waals surface area contributed by atoms with Crippen molar-refractivity contribution in [3.05, 3.63) is 41.6 Å². The Kier molecular flexibility index (Phi) is 3.83. The smallest absolute Gasteiger partial charge is 0.109 e. The van der Waals surface area contributed by atoms with Gasteiger partial charge >= 0.3 is 0 Å². The van der Waals surface area contributed by atoms with Gasteiger partial charge in [-0.2, -0.15) is 0 Å². The van der Waals surface area contributed by atoms with E-state index in [1.54, 1.807) is 0 Å². The summed E-state index contributed by atoms with van der Waals surface area (Å²) in [4.78, 5) is 4.40. The van der Waals surface area contributed by atoms with Crippen LogP contribution in [0.5, 0.6) is 0 Å². The number of ether oxygens (including phenoxy) is 1. The zero-order chi connectivity index (χ0) is 12.3. The minimum Gasteiger partial charge on any atom is -0.771 e. The largest absolute Gasteiger partial charge is 0.771 e. The maximum atomic E-state index is 10.4. The Balaban J connectivity index is 2.29. The van der Waals surface area contributed by atoms with Crippen LogP contribution in [0.1, 0.15) is 11.3 Å². The van der Waals surface area contributed by atoms with E-state index >= 15 is 0 Å². The fourth-order valence-corrected chi connectivity index (χ4v) is 1.95. The van der Waals surface area contributed by atoms with Gasteiger partial charge in [0.05, 0.1) is 12.1 Å². The van der Waals surface area contributed by atoms with Crippen molar-refractivity contribution in [1.29, 1.82) is 0 Å². The fourth-order valence-electron chi connectivity index (χ4n) is 1.73. The predicted molar refractivity (Wildman–Crippen MR) is 65.1 cm³/mol. The van der Waals surface area contributed by atoms with Crippen LogP contribution < -0.4 is 0 Å². The molecule has 1 unspecified atom stereocenters. The fraction of sp³-hybridized carbons (Fsp3) is 0.250. The third kappa shape index (κ3) is 3.09. The number of pyridine rings is 1. The number of fused-ring (bicyclic) bond motifs is 1. The van der Waals surface area contributed by atoms with Crippen molar-refractivity contribution in [2.75, 3.05) is 5.94 Å². The summed E-state index contributed by atoms with van der Waals surface area (Å²) in [7, 11) is 0. The van der Waals surface area contributed by atoms with Crippen LogP contribution in [0.4, 0.5) is 0 Å². The number of para-hydroxylation sites is 1. The van der Waals surface area contributed by atoms with Gasteiger partial charge in [-0.1, -0.05) is 18.2 Å². The molecule has 4 nitrogen and oxygen atoms in total. The van der Waals surface area contributed by atoms with Crippen LogP contribution in [0.2, 0.25) is 0 Å². The van der Waals surface area contributed by atoms with Crippen molar-refractivity contribution in [1.82, 2.24) is 4.98 Å². The van der Waals surface area contributed by atoms with Gasteiger partial charge in [0.1, 0.15) is 5.94 Å². The molecule has 0 aliphatic heterocycles. The summed E-state index contributed by atoms with van der Waals surface area (Å²) in [5, 5.41) is 0.995. The molecule has 0 N–H and O–H groups in total. The zero-order valence-electron chi connectivity index (χ0n) is 9.38. The number of hydrogen-bond acceptors (Lipinski definition) is 4. The van der Waals surface area contributed by atoms with Gasteiger partial charge < -0.3 is 9.29 Å². The molecular weight excluding hydrogens is 238 g/mol. The average molecular weight is 250 g/mol. The lowest BCUT2D eigenvalue weighted by Gasteiger charge is -2.09. The van der Waals surface area contributed by atoms with Crippen LogP contribution in [-0.4, -0.2) is 19.7 Å². The van der Waals surface area contributed by atoms with Crippen molar-refractivity contribution in [2.24, 2.45) is 0 Å². The Morgan fingerprint density at radius 1 is 1.41 bits per heavy atom. The van der Waals surface area contributed by atoms with E-state index < -0.39 is 11.1 Å². The van der Waals surface area contributed by atoms with Crippen LogP contribution in [0.3, 0.4) is 0 Å². The van der Waals surface area contributed by atoms with Gasteiger partial charge in [-0.15, -0.1) is 0 Å². The second kappa shape index (κ2) is 5.35. The monoisotopic (exact) mass is 250 g/mol. The van der Waals surface area contributed by atoms with Crippen LogP contribution in [0.15, 0.2) is 30.3 Å². The van der Waals surface area contributed by atoms with Gasteiger partial charge in [0.2, 0.25) is 0 Å². The summed E-state index contributed by atoms with van der Waals surface area (Å²) in [6.45, 7) is 2.18. The molecule has 0 bridgehead atoms. The first kappa shape index (κ1) is 12.2. The van der Waals surface area contributed by atoms with Crippen LogP contribution in [-0.2, 0) is 22.4 Å². The van der Waals surface area contributed by atoms with Crippen molar-refractivity contribution in [3.8, 4) is 0 Å². The van der Waals surface area contributed by atoms with Crippen molar-refractivity contribution in [3.63, 3.8) is 0 Å². The molecule has 1 heterocycles. The average Bonchev–Trinajstić information content (AvgIpc) is 2.28. The minimum absolute atomic E-state index is 0.276. The highest BCUT2D eigenvalue weighted by Crippen LogP contribution is 2.18. The zero-order valence-corrected chi connectivity index (χ0v) is 10.2. The second-order valence-corrected chi connectivity index (χ2v) is 4.55. The van der Waals surface area contributed by atoms with Gasteiger partial charge in [-0.3, -0.25) is 9.19 Å². The Bertz CT molecular complexity index is 556. The molecule has 17 heavy (non-hydrogen) atoms. The molecule has 90 valence electrons. The van der Waals surface area contributed by atoms with Crippen LogP contribution in [0, 0.1) is 6.92 Å². The number of aromatic nitrogens is 1. The third-order valence-electron chi connectivity index (χ3n) is 2.37. The number of hydrogen-bond donors (Lipinski definition) is 0. The number of nitrogens with zero attached hydrogens (tertiary/aromatic N) is 1. The molecule has 5 heteroatoms. The second-order valence-electron chi connectivity index (χ2n) is 3.71. The number of benzene rings is 1.